The molecule has 0 saturated carbocycles. The molecule has 2 amide bonds. The van der Waals surface area contributed by atoms with Crippen molar-refractivity contribution in [2.45, 2.75) is 44.6 Å². The molecule has 3 aliphatic rings. The van der Waals surface area contributed by atoms with Gasteiger partial charge in [-0.15, -0.1) is 0 Å². The van der Waals surface area contributed by atoms with Crippen LogP contribution in [0.1, 0.15) is 49.0 Å². The van der Waals surface area contributed by atoms with Crippen LogP contribution >= 0.6 is 0 Å². The third-order valence-electron chi connectivity index (χ3n) is 5.44. The van der Waals surface area contributed by atoms with E-state index >= 15 is 0 Å². The van der Waals surface area contributed by atoms with E-state index in [1.54, 1.807) is 19.4 Å². The van der Waals surface area contributed by atoms with Gasteiger partial charge < -0.3 is 14.5 Å². The first-order chi connectivity index (χ1) is 12.7. The molecule has 2 unspecified atom stereocenters. The molecule has 2 atom stereocenters. The highest BCUT2D eigenvalue weighted by Crippen LogP contribution is 2.29. The average molecular weight is 359 g/mol. The highest BCUT2D eigenvalue weighted by Gasteiger charge is 2.38. The van der Waals surface area contributed by atoms with Gasteiger partial charge in [-0.2, -0.15) is 0 Å². The van der Waals surface area contributed by atoms with Crippen molar-refractivity contribution < 1.29 is 14.3 Å². The highest BCUT2D eigenvalue weighted by atomic mass is 16.5. The summed E-state index contributed by atoms with van der Waals surface area (Å²) >= 11 is 0. The summed E-state index contributed by atoms with van der Waals surface area (Å²) in [7, 11) is 1.71. The standard InChI is InChI=1S/C20H29N3O3/c1-26-12-6-2-3-8-19(24)23-14-16-9-10-17(23)15-22(13-16)20(25)18-7-4-5-11-21-18/h4-5,7,11,16-17H,2-3,6,8-10,12-15H2,1H3. The van der Waals surface area contributed by atoms with E-state index in [0.29, 0.717) is 24.6 Å². The third-order valence-corrected chi connectivity index (χ3v) is 5.44. The fourth-order valence-corrected chi connectivity index (χ4v) is 4.05. The summed E-state index contributed by atoms with van der Waals surface area (Å²) in [5.41, 5.74) is 0.491. The molecule has 2 bridgehead atoms. The Hall–Kier alpha value is -1.95. The Morgan fingerprint density at radius 2 is 2.04 bits per heavy atom. The van der Waals surface area contributed by atoms with Crippen molar-refractivity contribution in [3.63, 3.8) is 0 Å². The number of hydrogen-bond donors (Lipinski definition) is 0. The van der Waals surface area contributed by atoms with Crippen molar-refractivity contribution in [3.05, 3.63) is 30.1 Å². The number of rotatable bonds is 7. The van der Waals surface area contributed by atoms with Crippen LogP contribution in [0.4, 0.5) is 0 Å². The largest absolute Gasteiger partial charge is 0.385 e. The fraction of sp³-hybridized carbons (Fsp3) is 0.650. The predicted molar refractivity (Wildman–Crippen MR) is 98.7 cm³/mol. The van der Waals surface area contributed by atoms with Gasteiger partial charge in [0.25, 0.3) is 5.91 Å². The van der Waals surface area contributed by atoms with Crippen LogP contribution in [0.2, 0.25) is 0 Å². The van der Waals surface area contributed by atoms with Gasteiger partial charge in [-0.3, -0.25) is 14.6 Å². The number of unbranched alkanes of at least 4 members (excludes halogenated alkanes) is 2. The molecule has 0 spiro atoms. The second-order valence-electron chi connectivity index (χ2n) is 7.37. The van der Waals surface area contributed by atoms with E-state index in [1.807, 2.05) is 21.9 Å². The number of carbonyl (C=O) groups is 2. The average Bonchev–Trinajstić information content (AvgIpc) is 3.00. The van der Waals surface area contributed by atoms with E-state index in [1.165, 1.54) is 0 Å². The minimum Gasteiger partial charge on any atom is -0.385 e. The SMILES string of the molecule is COCCCCCC(=O)N1CC2CCC1CN(C(=O)c1ccccn1)C2. The number of methoxy groups -OCH3 is 1. The fourth-order valence-electron chi connectivity index (χ4n) is 4.05. The maximum atomic E-state index is 12.8. The van der Waals surface area contributed by atoms with E-state index in [-0.39, 0.29) is 17.9 Å². The summed E-state index contributed by atoms with van der Waals surface area (Å²) in [6.45, 7) is 2.89. The van der Waals surface area contributed by atoms with Gasteiger partial charge in [-0.05, 0) is 43.7 Å². The molecular formula is C20H29N3O3. The molecule has 0 aliphatic carbocycles. The summed E-state index contributed by atoms with van der Waals surface area (Å²) in [5, 5.41) is 0. The minimum absolute atomic E-state index is 0.0173. The van der Waals surface area contributed by atoms with Gasteiger partial charge in [-0.1, -0.05) is 12.5 Å². The number of nitrogens with zero attached hydrogens (tertiary/aromatic N) is 3. The summed E-state index contributed by atoms with van der Waals surface area (Å²) in [4.78, 5) is 33.6. The van der Waals surface area contributed by atoms with E-state index in [9.17, 15) is 9.59 Å². The van der Waals surface area contributed by atoms with Crippen LogP contribution in [0.15, 0.2) is 24.4 Å². The van der Waals surface area contributed by atoms with Gasteiger partial charge in [0.2, 0.25) is 5.91 Å². The van der Waals surface area contributed by atoms with Gasteiger partial charge in [-0.25, -0.2) is 0 Å². The van der Waals surface area contributed by atoms with Gasteiger partial charge in [0.15, 0.2) is 0 Å². The van der Waals surface area contributed by atoms with E-state index in [4.69, 9.17) is 4.74 Å². The molecule has 6 heteroatoms. The number of fused-ring (bicyclic) bond motifs is 4. The molecule has 0 N–H and O–H groups in total. The lowest BCUT2D eigenvalue weighted by molar-refractivity contribution is -0.135. The predicted octanol–water partition coefficient (Wildman–Crippen LogP) is 2.35. The first-order valence-electron chi connectivity index (χ1n) is 9.67. The molecule has 4 heterocycles. The van der Waals surface area contributed by atoms with Crippen molar-refractivity contribution in [3.8, 4) is 0 Å². The molecule has 0 aromatic carbocycles. The maximum absolute atomic E-state index is 12.8. The van der Waals surface area contributed by atoms with Gasteiger partial charge in [0.1, 0.15) is 5.69 Å². The molecule has 142 valence electrons. The molecule has 3 saturated heterocycles. The van der Waals surface area contributed by atoms with E-state index in [0.717, 1.165) is 51.8 Å². The Bertz CT molecular complexity index is 608. The molecule has 3 aliphatic heterocycles. The van der Waals surface area contributed by atoms with Crippen molar-refractivity contribution in [2.75, 3.05) is 33.4 Å². The molecule has 26 heavy (non-hydrogen) atoms. The van der Waals surface area contributed by atoms with Crippen LogP contribution in [0.3, 0.4) is 0 Å². The van der Waals surface area contributed by atoms with E-state index < -0.39 is 0 Å². The summed E-state index contributed by atoms with van der Waals surface area (Å²) in [5.74, 6) is 0.597. The molecule has 1 aromatic rings. The van der Waals surface area contributed by atoms with Crippen molar-refractivity contribution in [1.82, 2.24) is 14.8 Å². The Morgan fingerprint density at radius 3 is 2.81 bits per heavy atom. The lowest BCUT2D eigenvalue weighted by atomic mass is 9.94. The van der Waals surface area contributed by atoms with Crippen LogP contribution in [0.25, 0.3) is 0 Å². The quantitative estimate of drug-likeness (QED) is 0.701. The molecule has 0 radical (unpaired) electrons. The Morgan fingerprint density at radius 1 is 1.15 bits per heavy atom. The van der Waals surface area contributed by atoms with Gasteiger partial charge in [0.05, 0.1) is 0 Å². The number of piperidine rings is 1. The Kier molecular flexibility index (Phi) is 6.61. The molecule has 3 fully saturated rings. The monoisotopic (exact) mass is 359 g/mol. The highest BCUT2D eigenvalue weighted by molar-refractivity contribution is 5.92. The molecular weight excluding hydrogens is 330 g/mol. The molecule has 6 nitrogen and oxygen atoms in total. The number of ether oxygens (including phenoxy) is 1. The van der Waals surface area contributed by atoms with Crippen LogP contribution in [-0.2, 0) is 9.53 Å². The second kappa shape index (κ2) is 9.12. The first-order valence-corrected chi connectivity index (χ1v) is 9.67. The first kappa shape index (κ1) is 18.8. The number of pyridine rings is 1. The number of hydrogen-bond acceptors (Lipinski definition) is 4. The van der Waals surface area contributed by atoms with E-state index in [2.05, 4.69) is 4.98 Å². The van der Waals surface area contributed by atoms with Crippen LogP contribution < -0.4 is 0 Å². The lowest BCUT2D eigenvalue weighted by Crippen LogP contribution is -2.47. The summed E-state index contributed by atoms with van der Waals surface area (Å²) < 4.78 is 5.05. The Balaban J connectivity index is 1.57. The lowest BCUT2D eigenvalue weighted by Gasteiger charge is -2.36. The molecule has 4 rings (SSSR count). The minimum atomic E-state index is -0.0173. The topological polar surface area (TPSA) is 62.7 Å². The number of amides is 2. The van der Waals surface area contributed by atoms with Crippen LogP contribution in [-0.4, -0.2) is 66.0 Å². The van der Waals surface area contributed by atoms with Crippen molar-refractivity contribution in [1.29, 1.82) is 0 Å². The van der Waals surface area contributed by atoms with Gasteiger partial charge in [0, 0.05) is 52.0 Å². The summed E-state index contributed by atoms with van der Waals surface area (Å²) in [6, 6.07) is 5.56. The number of aromatic nitrogens is 1. The third kappa shape index (κ3) is 4.61. The zero-order chi connectivity index (χ0) is 18.4. The zero-order valence-corrected chi connectivity index (χ0v) is 15.6. The Labute approximate surface area is 155 Å². The van der Waals surface area contributed by atoms with Crippen LogP contribution in [0, 0.1) is 5.92 Å². The van der Waals surface area contributed by atoms with Crippen molar-refractivity contribution in [2.24, 2.45) is 5.92 Å². The summed E-state index contributed by atoms with van der Waals surface area (Å²) in [6.07, 6.45) is 7.27. The van der Waals surface area contributed by atoms with Gasteiger partial charge >= 0.3 is 0 Å². The van der Waals surface area contributed by atoms with Crippen LogP contribution in [0.5, 0.6) is 0 Å². The smallest absolute Gasteiger partial charge is 0.272 e. The number of carbonyl (C=O) groups excluding carboxylic acids is 2. The zero-order valence-electron chi connectivity index (χ0n) is 15.6. The molecule has 1 aromatic heterocycles. The maximum Gasteiger partial charge on any atom is 0.272 e. The second-order valence-corrected chi connectivity index (χ2v) is 7.37. The normalized spacial score (nSPS) is 22.3. The van der Waals surface area contributed by atoms with Crippen molar-refractivity contribution >= 4 is 11.8 Å².